The van der Waals surface area contributed by atoms with Crippen molar-refractivity contribution in [3.63, 3.8) is 0 Å². The van der Waals surface area contributed by atoms with Gasteiger partial charge in [0.05, 0.1) is 24.7 Å². The molecule has 0 aliphatic carbocycles. The fourth-order valence-electron chi connectivity index (χ4n) is 4.08. The normalized spacial score (nSPS) is 18.8. The molecule has 1 aliphatic heterocycles. The number of carbonyl (C=O) groups is 2. The monoisotopic (exact) mass is 466 g/mol. The minimum atomic E-state index is -1.32. The van der Waals surface area contributed by atoms with Gasteiger partial charge in [0, 0.05) is 12.6 Å². The second-order valence-electron chi connectivity index (χ2n) is 8.72. The van der Waals surface area contributed by atoms with Crippen molar-refractivity contribution in [3.8, 4) is 0 Å². The van der Waals surface area contributed by atoms with Crippen LogP contribution in [0.4, 0.5) is 4.39 Å². The molecular weight excluding hydrogens is 439 g/mol. The Morgan fingerprint density at radius 1 is 1.18 bits per heavy atom. The molecule has 3 atom stereocenters. The van der Waals surface area contributed by atoms with Crippen LogP contribution in [0.2, 0.25) is 0 Å². The zero-order valence-electron chi connectivity index (χ0n) is 19.0. The van der Waals surface area contributed by atoms with Gasteiger partial charge < -0.3 is 10.2 Å². The van der Waals surface area contributed by atoms with Crippen LogP contribution in [0, 0.1) is 0 Å². The minimum absolute atomic E-state index is 0.101. The van der Waals surface area contributed by atoms with Gasteiger partial charge in [-0.1, -0.05) is 50.2 Å². The Morgan fingerprint density at radius 3 is 2.56 bits per heavy atom. The number of likely N-dealkylation sites (tertiary alicyclic amines) is 1. The van der Waals surface area contributed by atoms with E-state index < -0.39 is 35.8 Å². The van der Waals surface area contributed by atoms with Gasteiger partial charge in [-0.25, -0.2) is 14.3 Å². The predicted molar refractivity (Wildman–Crippen MR) is 123 cm³/mol. The lowest BCUT2D eigenvalue weighted by Crippen LogP contribution is -2.47. The Hall–Kier alpha value is -3.82. The maximum absolute atomic E-state index is 14.3. The van der Waals surface area contributed by atoms with Crippen LogP contribution < -0.4 is 11.0 Å². The highest BCUT2D eigenvalue weighted by atomic mass is 19.1. The van der Waals surface area contributed by atoms with E-state index in [1.165, 1.54) is 4.90 Å². The van der Waals surface area contributed by atoms with Gasteiger partial charge >= 0.3 is 5.69 Å². The summed E-state index contributed by atoms with van der Waals surface area (Å²) in [5.41, 5.74) is 2.00. The molecule has 2 amide bonds. The number of aromatic amines is 2. The van der Waals surface area contributed by atoms with Gasteiger partial charge in [0.1, 0.15) is 18.0 Å². The van der Waals surface area contributed by atoms with Crippen LogP contribution in [0.1, 0.15) is 54.9 Å². The number of nitrogens with zero attached hydrogens (tertiary/aromatic N) is 3. The zero-order valence-corrected chi connectivity index (χ0v) is 19.0. The summed E-state index contributed by atoms with van der Waals surface area (Å²) in [4.78, 5) is 45.5. The quantitative estimate of drug-likeness (QED) is 0.491. The van der Waals surface area contributed by atoms with E-state index in [-0.39, 0.29) is 25.2 Å². The SMILES string of the molecule is CC(C)c1ccc([C@@H](NC(=O)[C@@H]2C[C@@H](F)CN2C(=O)Cc2n[nH]c(=O)[nH]2)c2ccccc2)nc1. The molecule has 1 fully saturated rings. The van der Waals surface area contributed by atoms with Crippen molar-refractivity contribution in [2.75, 3.05) is 6.54 Å². The predicted octanol–water partition coefficient (Wildman–Crippen LogP) is 2.00. The number of aromatic nitrogens is 4. The van der Waals surface area contributed by atoms with Crippen LogP contribution in [-0.2, 0) is 16.0 Å². The van der Waals surface area contributed by atoms with Crippen molar-refractivity contribution in [2.24, 2.45) is 0 Å². The molecule has 0 unspecified atom stereocenters. The number of nitrogens with one attached hydrogen (secondary N) is 3. The maximum Gasteiger partial charge on any atom is 0.340 e. The number of hydrogen-bond acceptors (Lipinski definition) is 5. The van der Waals surface area contributed by atoms with E-state index in [0.29, 0.717) is 11.6 Å². The van der Waals surface area contributed by atoms with E-state index in [1.807, 2.05) is 42.5 Å². The Kier molecular flexibility index (Phi) is 6.85. The van der Waals surface area contributed by atoms with Gasteiger partial charge in [0.2, 0.25) is 11.8 Å². The van der Waals surface area contributed by atoms with E-state index in [9.17, 15) is 18.8 Å². The number of carbonyl (C=O) groups excluding carboxylic acids is 2. The highest BCUT2D eigenvalue weighted by molar-refractivity contribution is 5.89. The number of halogens is 1. The molecule has 0 spiro atoms. The first kappa shape index (κ1) is 23.3. The average Bonchev–Trinajstić information content (AvgIpc) is 3.43. The fraction of sp³-hybridized carbons (Fsp3) is 0.375. The number of pyridine rings is 1. The lowest BCUT2D eigenvalue weighted by atomic mass is 10.00. The molecule has 3 N–H and O–H groups in total. The molecule has 0 bridgehead atoms. The van der Waals surface area contributed by atoms with Gasteiger partial charge in [-0.3, -0.25) is 19.6 Å². The molecule has 9 nitrogen and oxygen atoms in total. The van der Waals surface area contributed by atoms with E-state index in [0.717, 1.165) is 11.1 Å². The molecular formula is C24H27FN6O3. The number of benzene rings is 1. The topological polar surface area (TPSA) is 124 Å². The van der Waals surface area contributed by atoms with E-state index >= 15 is 0 Å². The first-order valence-electron chi connectivity index (χ1n) is 11.2. The molecule has 3 aromatic rings. The van der Waals surface area contributed by atoms with Crippen LogP contribution in [-0.4, -0.2) is 55.6 Å². The Labute approximate surface area is 195 Å². The lowest BCUT2D eigenvalue weighted by molar-refractivity contribution is -0.138. The van der Waals surface area contributed by atoms with Crippen molar-refractivity contribution in [1.82, 2.24) is 30.4 Å². The van der Waals surface area contributed by atoms with Crippen LogP contribution in [0.15, 0.2) is 53.5 Å². The summed E-state index contributed by atoms with van der Waals surface area (Å²) in [5.74, 6) is -0.505. The van der Waals surface area contributed by atoms with Crippen molar-refractivity contribution in [1.29, 1.82) is 0 Å². The third-order valence-corrected chi connectivity index (χ3v) is 5.93. The first-order chi connectivity index (χ1) is 16.3. The van der Waals surface area contributed by atoms with E-state index in [1.54, 1.807) is 6.20 Å². The summed E-state index contributed by atoms with van der Waals surface area (Å²) >= 11 is 0. The highest BCUT2D eigenvalue weighted by Crippen LogP contribution is 2.26. The largest absolute Gasteiger partial charge is 0.342 e. The summed E-state index contributed by atoms with van der Waals surface area (Å²) in [6.45, 7) is 3.96. The van der Waals surface area contributed by atoms with Gasteiger partial charge in [0.15, 0.2) is 0 Å². The molecule has 0 saturated carbocycles. The van der Waals surface area contributed by atoms with E-state index in [4.69, 9.17) is 0 Å². The smallest absolute Gasteiger partial charge is 0.340 e. The van der Waals surface area contributed by atoms with Crippen LogP contribution in [0.25, 0.3) is 0 Å². The molecule has 1 aromatic carbocycles. The standard InChI is InChI=1S/C24H27FN6O3/c1-14(2)16-8-9-18(26-12-16)22(15-6-4-3-5-7-15)28-23(33)19-10-17(25)13-31(19)21(32)11-20-27-24(34)30-29-20/h3-9,12,14,17,19,22H,10-11,13H2,1-2H3,(H,28,33)(H2,27,29,30,34)/t17-,19+,22+/m1/s1. The molecule has 1 aliphatic rings. The molecule has 10 heteroatoms. The summed E-state index contributed by atoms with van der Waals surface area (Å²) in [5, 5.41) is 8.88. The molecule has 2 aromatic heterocycles. The van der Waals surface area contributed by atoms with Gasteiger partial charge in [-0.15, -0.1) is 0 Å². The van der Waals surface area contributed by atoms with Gasteiger partial charge in [0.25, 0.3) is 0 Å². The molecule has 34 heavy (non-hydrogen) atoms. The van der Waals surface area contributed by atoms with Crippen molar-refractivity contribution < 1.29 is 14.0 Å². The molecule has 178 valence electrons. The Morgan fingerprint density at radius 2 is 1.94 bits per heavy atom. The number of alkyl halides is 1. The van der Waals surface area contributed by atoms with Crippen molar-refractivity contribution in [2.45, 2.75) is 50.9 Å². The van der Waals surface area contributed by atoms with Crippen LogP contribution in [0.3, 0.4) is 0 Å². The summed E-state index contributed by atoms with van der Waals surface area (Å²) in [7, 11) is 0. The Balaban J connectivity index is 1.56. The second kappa shape index (κ2) is 9.98. The molecule has 4 rings (SSSR count). The fourth-order valence-corrected chi connectivity index (χ4v) is 4.08. The molecule has 1 saturated heterocycles. The number of hydrogen-bond donors (Lipinski definition) is 3. The van der Waals surface area contributed by atoms with Gasteiger partial charge in [-0.2, -0.15) is 5.10 Å². The third kappa shape index (κ3) is 5.22. The van der Waals surface area contributed by atoms with Crippen molar-refractivity contribution in [3.05, 3.63) is 81.8 Å². The number of amides is 2. The average molecular weight is 467 g/mol. The van der Waals surface area contributed by atoms with E-state index in [2.05, 4.69) is 39.3 Å². The second-order valence-corrected chi connectivity index (χ2v) is 8.72. The minimum Gasteiger partial charge on any atom is -0.342 e. The lowest BCUT2D eigenvalue weighted by Gasteiger charge is -2.26. The first-order valence-corrected chi connectivity index (χ1v) is 11.2. The zero-order chi connectivity index (χ0) is 24.2. The Bertz CT molecular complexity index is 1190. The number of H-pyrrole nitrogens is 2. The third-order valence-electron chi connectivity index (χ3n) is 5.93. The molecule has 3 heterocycles. The summed E-state index contributed by atoms with van der Waals surface area (Å²) in [6.07, 6.45) is 0.123. The summed E-state index contributed by atoms with van der Waals surface area (Å²) < 4.78 is 14.3. The summed E-state index contributed by atoms with van der Waals surface area (Å²) in [6, 6.07) is 11.7. The van der Waals surface area contributed by atoms with Crippen LogP contribution >= 0.6 is 0 Å². The van der Waals surface area contributed by atoms with Gasteiger partial charge in [-0.05, 0) is 23.1 Å². The number of rotatable bonds is 7. The highest BCUT2D eigenvalue weighted by Gasteiger charge is 2.40. The van der Waals surface area contributed by atoms with Crippen molar-refractivity contribution >= 4 is 11.8 Å². The molecule has 0 radical (unpaired) electrons. The van der Waals surface area contributed by atoms with Crippen LogP contribution in [0.5, 0.6) is 0 Å². The maximum atomic E-state index is 14.3.